The monoisotopic (exact) mass is 419 g/mol. The molecule has 1 atom stereocenters. The van der Waals surface area contributed by atoms with Gasteiger partial charge in [0.25, 0.3) is 0 Å². The largest absolute Gasteiger partial charge is 0.378 e. The molecule has 1 aromatic heterocycles. The molecule has 2 aliphatic rings. The summed E-state index contributed by atoms with van der Waals surface area (Å²) in [4.78, 5) is 26.6. The quantitative estimate of drug-likeness (QED) is 0.653. The van der Waals surface area contributed by atoms with Crippen LogP contribution in [0.5, 0.6) is 0 Å². The van der Waals surface area contributed by atoms with Crippen LogP contribution in [0, 0.1) is 0 Å². The van der Waals surface area contributed by atoms with Crippen LogP contribution in [0.25, 0.3) is 0 Å². The minimum Gasteiger partial charge on any atom is -0.378 e. The molecule has 2 saturated heterocycles. The molecule has 0 bridgehead atoms. The summed E-state index contributed by atoms with van der Waals surface area (Å²) < 4.78 is 12.5. The second-order valence-electron chi connectivity index (χ2n) is 7.04. The van der Waals surface area contributed by atoms with Crippen molar-refractivity contribution in [3.8, 4) is 0 Å². The molecule has 2 fully saturated rings. The third-order valence-corrected chi connectivity index (χ3v) is 5.97. The lowest BCUT2D eigenvalue weighted by Gasteiger charge is -2.28. The van der Waals surface area contributed by atoms with E-state index in [1.165, 1.54) is 11.8 Å². The van der Waals surface area contributed by atoms with E-state index in [9.17, 15) is 9.59 Å². The van der Waals surface area contributed by atoms with E-state index in [1.54, 1.807) is 4.57 Å². The van der Waals surface area contributed by atoms with Gasteiger partial charge in [0, 0.05) is 31.1 Å². The van der Waals surface area contributed by atoms with Gasteiger partial charge in [-0.2, -0.15) is 0 Å². The van der Waals surface area contributed by atoms with E-state index < -0.39 is 0 Å². The Bertz CT molecular complexity index is 869. The lowest BCUT2D eigenvalue weighted by atomic mass is 10.2. The van der Waals surface area contributed by atoms with Crippen molar-refractivity contribution >= 4 is 29.0 Å². The molecule has 0 spiro atoms. The van der Waals surface area contributed by atoms with E-state index in [1.807, 2.05) is 24.3 Å². The minimum absolute atomic E-state index is 0.0310. The number of nitrogens with zero attached hydrogens (tertiary/aromatic N) is 3. The summed E-state index contributed by atoms with van der Waals surface area (Å²) in [6.07, 6.45) is 1.97. The maximum atomic E-state index is 12.3. The van der Waals surface area contributed by atoms with Crippen molar-refractivity contribution < 1.29 is 14.3 Å². The minimum atomic E-state index is -0.276. The average molecular weight is 420 g/mol. The topological polar surface area (TPSA) is 101 Å². The summed E-state index contributed by atoms with van der Waals surface area (Å²) in [5.74, 6) is 0.0225. The maximum absolute atomic E-state index is 12.3. The van der Waals surface area contributed by atoms with E-state index in [0.717, 1.165) is 57.1 Å². The molecule has 2 aliphatic heterocycles. The Kier molecular flexibility index (Phi) is 6.53. The zero-order valence-corrected chi connectivity index (χ0v) is 17.0. The second kappa shape index (κ2) is 9.47. The third kappa shape index (κ3) is 5.20. The molecule has 0 saturated carbocycles. The number of benzene rings is 1. The smallest absolute Gasteiger partial charge is 0.344 e. The van der Waals surface area contributed by atoms with Gasteiger partial charge in [0.15, 0.2) is 5.16 Å². The summed E-state index contributed by atoms with van der Waals surface area (Å²) in [7, 11) is 0. The third-order valence-electron chi connectivity index (χ3n) is 4.99. The van der Waals surface area contributed by atoms with Crippen molar-refractivity contribution in [3.63, 3.8) is 0 Å². The summed E-state index contributed by atoms with van der Waals surface area (Å²) in [6, 6.07) is 7.80. The van der Waals surface area contributed by atoms with Crippen LogP contribution in [0.4, 0.5) is 11.4 Å². The van der Waals surface area contributed by atoms with Gasteiger partial charge in [-0.25, -0.2) is 9.89 Å². The predicted octanol–water partition coefficient (Wildman–Crippen LogP) is 1.32. The SMILES string of the molecule is O=C(CSc1n[nH]c(=O)n1C[C@@H]1CCCO1)Nc1ccc(N2CCOCC2)cc1. The van der Waals surface area contributed by atoms with Crippen LogP contribution in [-0.4, -0.2) is 65.4 Å². The number of ether oxygens (including phenoxy) is 2. The molecule has 0 unspecified atom stereocenters. The first-order valence-corrected chi connectivity index (χ1v) is 10.8. The van der Waals surface area contributed by atoms with Gasteiger partial charge in [0.05, 0.1) is 31.6 Å². The van der Waals surface area contributed by atoms with Crippen LogP contribution in [0.1, 0.15) is 12.8 Å². The summed E-state index contributed by atoms with van der Waals surface area (Å²) in [5, 5.41) is 9.89. The Hall–Kier alpha value is -2.30. The van der Waals surface area contributed by atoms with Crippen molar-refractivity contribution in [2.75, 3.05) is 48.9 Å². The van der Waals surface area contributed by atoms with Crippen molar-refractivity contribution in [1.82, 2.24) is 14.8 Å². The first kappa shape index (κ1) is 20.0. The first-order valence-electron chi connectivity index (χ1n) is 9.81. The number of morpholine rings is 1. The fraction of sp³-hybridized carbons (Fsp3) is 0.526. The second-order valence-corrected chi connectivity index (χ2v) is 7.98. The van der Waals surface area contributed by atoms with E-state index in [-0.39, 0.29) is 23.5 Å². The Labute approximate surface area is 172 Å². The number of amides is 1. The number of carbonyl (C=O) groups excluding carboxylic acids is 1. The summed E-state index contributed by atoms with van der Waals surface area (Å²) in [5.41, 5.74) is 1.59. The highest BCUT2D eigenvalue weighted by Crippen LogP contribution is 2.21. The molecule has 29 heavy (non-hydrogen) atoms. The molecule has 1 amide bonds. The predicted molar refractivity (Wildman–Crippen MR) is 111 cm³/mol. The van der Waals surface area contributed by atoms with Gasteiger partial charge in [-0.3, -0.25) is 9.36 Å². The van der Waals surface area contributed by atoms with Crippen LogP contribution in [0.2, 0.25) is 0 Å². The Morgan fingerprint density at radius 1 is 1.24 bits per heavy atom. The number of aromatic amines is 1. The van der Waals surface area contributed by atoms with Crippen molar-refractivity contribution in [1.29, 1.82) is 0 Å². The number of anilines is 2. The van der Waals surface area contributed by atoms with Crippen molar-refractivity contribution in [2.24, 2.45) is 0 Å². The normalized spacial score (nSPS) is 19.4. The van der Waals surface area contributed by atoms with Gasteiger partial charge in [-0.05, 0) is 37.1 Å². The molecule has 1 aromatic carbocycles. The Morgan fingerprint density at radius 2 is 2.03 bits per heavy atom. The standard InChI is InChI=1S/C19H25N5O4S/c25-17(20-14-3-5-15(6-4-14)23-7-10-27-11-8-23)13-29-19-22-21-18(26)24(19)12-16-2-1-9-28-16/h3-6,16H,1-2,7-13H2,(H,20,25)(H,21,26)/t16-/m0/s1. The van der Waals surface area contributed by atoms with Gasteiger partial charge in [0.1, 0.15) is 0 Å². The van der Waals surface area contributed by atoms with Crippen LogP contribution in [0.15, 0.2) is 34.2 Å². The molecule has 2 N–H and O–H groups in total. The Balaban J connectivity index is 1.29. The number of hydrogen-bond acceptors (Lipinski definition) is 7. The number of hydrogen-bond donors (Lipinski definition) is 2. The zero-order valence-electron chi connectivity index (χ0n) is 16.1. The van der Waals surface area contributed by atoms with Crippen LogP contribution < -0.4 is 15.9 Å². The molecule has 3 heterocycles. The zero-order chi connectivity index (χ0) is 20.1. The fourth-order valence-electron chi connectivity index (χ4n) is 3.47. The van der Waals surface area contributed by atoms with E-state index in [2.05, 4.69) is 20.4 Å². The maximum Gasteiger partial charge on any atom is 0.344 e. The van der Waals surface area contributed by atoms with E-state index >= 15 is 0 Å². The van der Waals surface area contributed by atoms with Crippen LogP contribution >= 0.6 is 11.8 Å². The number of thioether (sulfide) groups is 1. The molecular weight excluding hydrogens is 394 g/mol. The summed E-state index contributed by atoms with van der Waals surface area (Å²) in [6.45, 7) is 4.41. The highest BCUT2D eigenvalue weighted by molar-refractivity contribution is 7.99. The van der Waals surface area contributed by atoms with Crippen molar-refractivity contribution in [3.05, 3.63) is 34.7 Å². The van der Waals surface area contributed by atoms with Gasteiger partial charge >= 0.3 is 5.69 Å². The molecule has 0 radical (unpaired) electrons. The lowest BCUT2D eigenvalue weighted by Crippen LogP contribution is -2.36. The molecule has 9 nitrogen and oxygen atoms in total. The van der Waals surface area contributed by atoms with Crippen LogP contribution in [0.3, 0.4) is 0 Å². The number of H-pyrrole nitrogens is 1. The van der Waals surface area contributed by atoms with Crippen molar-refractivity contribution in [2.45, 2.75) is 30.6 Å². The molecule has 156 valence electrons. The molecule has 0 aliphatic carbocycles. The van der Waals surface area contributed by atoms with Gasteiger partial charge in [0.2, 0.25) is 5.91 Å². The molecule has 4 rings (SSSR count). The lowest BCUT2D eigenvalue weighted by molar-refractivity contribution is -0.113. The molecule has 2 aromatic rings. The Morgan fingerprint density at radius 3 is 2.76 bits per heavy atom. The van der Waals surface area contributed by atoms with E-state index in [0.29, 0.717) is 11.7 Å². The highest BCUT2D eigenvalue weighted by atomic mass is 32.2. The average Bonchev–Trinajstić information content (AvgIpc) is 3.39. The number of nitrogens with one attached hydrogen (secondary N) is 2. The first-order chi connectivity index (χ1) is 14.2. The van der Waals surface area contributed by atoms with Crippen LogP contribution in [-0.2, 0) is 20.8 Å². The molecule has 10 heteroatoms. The number of rotatable bonds is 7. The number of carbonyl (C=O) groups is 1. The molecular formula is C19H25N5O4S. The van der Waals surface area contributed by atoms with Gasteiger partial charge < -0.3 is 19.7 Å². The number of aromatic nitrogens is 3. The fourth-order valence-corrected chi connectivity index (χ4v) is 4.23. The van der Waals surface area contributed by atoms with Gasteiger partial charge in [-0.15, -0.1) is 5.10 Å². The highest BCUT2D eigenvalue weighted by Gasteiger charge is 2.20. The van der Waals surface area contributed by atoms with Gasteiger partial charge in [-0.1, -0.05) is 11.8 Å². The van der Waals surface area contributed by atoms with E-state index in [4.69, 9.17) is 9.47 Å². The summed E-state index contributed by atoms with van der Waals surface area (Å²) >= 11 is 1.24.